The minimum Gasteiger partial charge on any atom is -0.367 e. The van der Waals surface area contributed by atoms with Crippen molar-refractivity contribution < 1.29 is 4.79 Å². The lowest BCUT2D eigenvalue weighted by Gasteiger charge is -2.17. The van der Waals surface area contributed by atoms with Crippen LogP contribution in [0, 0.1) is 5.41 Å². The van der Waals surface area contributed by atoms with E-state index in [1.54, 1.807) is 6.20 Å². The van der Waals surface area contributed by atoms with E-state index < -0.39 is 0 Å². The Kier molecular flexibility index (Phi) is 3.55. The molecule has 4 heteroatoms. The number of pyridine rings is 1. The third kappa shape index (κ3) is 4.35. The number of nitrogens with zero attached hydrogens (tertiary/aromatic N) is 1. The van der Waals surface area contributed by atoms with Crippen molar-refractivity contribution in [3.63, 3.8) is 0 Å². The molecule has 1 heterocycles. The molecule has 98 valence electrons. The van der Waals surface area contributed by atoms with Crippen molar-refractivity contribution >= 4 is 17.4 Å². The summed E-state index contributed by atoms with van der Waals surface area (Å²) in [5.74, 6) is 0.915. The zero-order valence-corrected chi connectivity index (χ0v) is 11.3. The van der Waals surface area contributed by atoms with Crippen molar-refractivity contribution in [2.24, 2.45) is 5.41 Å². The van der Waals surface area contributed by atoms with Crippen LogP contribution in [0.5, 0.6) is 0 Å². The highest BCUT2D eigenvalue weighted by Gasteiger charge is 2.21. The van der Waals surface area contributed by atoms with Crippen molar-refractivity contribution in [2.45, 2.75) is 46.1 Å². The summed E-state index contributed by atoms with van der Waals surface area (Å²) < 4.78 is 0. The first-order chi connectivity index (χ1) is 8.42. The Morgan fingerprint density at radius 1 is 1.39 bits per heavy atom. The predicted molar refractivity (Wildman–Crippen MR) is 73.6 cm³/mol. The number of hydrogen-bond acceptors (Lipinski definition) is 3. The van der Waals surface area contributed by atoms with Gasteiger partial charge < -0.3 is 10.6 Å². The molecule has 0 saturated heterocycles. The molecule has 0 radical (unpaired) electrons. The molecule has 1 aromatic heterocycles. The number of carbonyl (C=O) groups excluding carboxylic acids is 1. The van der Waals surface area contributed by atoms with Gasteiger partial charge in [-0.3, -0.25) is 4.79 Å². The van der Waals surface area contributed by atoms with Crippen LogP contribution in [0.4, 0.5) is 11.5 Å². The SMILES string of the molecule is CC(C)(C)CC(=O)Nc1ccc(NC2CC2)nc1. The summed E-state index contributed by atoms with van der Waals surface area (Å²) in [6.07, 6.45) is 4.66. The summed E-state index contributed by atoms with van der Waals surface area (Å²) in [5, 5.41) is 6.18. The van der Waals surface area contributed by atoms with Crippen LogP contribution in [0.15, 0.2) is 18.3 Å². The van der Waals surface area contributed by atoms with Gasteiger partial charge in [0.05, 0.1) is 11.9 Å². The molecule has 18 heavy (non-hydrogen) atoms. The topological polar surface area (TPSA) is 54.0 Å². The van der Waals surface area contributed by atoms with Crippen LogP contribution in [-0.4, -0.2) is 16.9 Å². The Morgan fingerprint density at radius 2 is 2.11 bits per heavy atom. The summed E-state index contributed by atoms with van der Waals surface area (Å²) in [7, 11) is 0. The maximum atomic E-state index is 11.7. The van der Waals surface area contributed by atoms with Crippen LogP contribution in [0.1, 0.15) is 40.0 Å². The Morgan fingerprint density at radius 3 is 2.61 bits per heavy atom. The molecule has 0 spiro atoms. The van der Waals surface area contributed by atoms with Crippen molar-refractivity contribution in [1.82, 2.24) is 4.98 Å². The fraction of sp³-hybridized carbons (Fsp3) is 0.571. The largest absolute Gasteiger partial charge is 0.367 e. The minimum atomic E-state index is 0.00494. The van der Waals surface area contributed by atoms with Gasteiger partial charge in [-0.2, -0.15) is 0 Å². The summed E-state index contributed by atoms with van der Waals surface area (Å²) in [5.41, 5.74) is 0.760. The second-order valence-corrected chi connectivity index (χ2v) is 6.14. The fourth-order valence-corrected chi connectivity index (χ4v) is 1.68. The number of rotatable bonds is 4. The monoisotopic (exact) mass is 247 g/mol. The maximum absolute atomic E-state index is 11.7. The van der Waals surface area contributed by atoms with E-state index in [4.69, 9.17) is 0 Å². The number of nitrogens with one attached hydrogen (secondary N) is 2. The summed E-state index contributed by atoms with van der Waals surface area (Å²) in [6.45, 7) is 6.15. The number of hydrogen-bond donors (Lipinski definition) is 2. The Labute approximate surface area is 108 Å². The highest BCUT2D eigenvalue weighted by molar-refractivity contribution is 5.90. The molecule has 4 nitrogen and oxygen atoms in total. The first-order valence-corrected chi connectivity index (χ1v) is 6.45. The average Bonchev–Trinajstić information content (AvgIpc) is 3.02. The maximum Gasteiger partial charge on any atom is 0.224 e. The molecule has 1 aromatic rings. The van der Waals surface area contributed by atoms with Crippen LogP contribution < -0.4 is 10.6 Å². The van der Waals surface area contributed by atoms with E-state index in [2.05, 4.69) is 15.6 Å². The average molecular weight is 247 g/mol. The lowest BCUT2D eigenvalue weighted by Crippen LogP contribution is -2.19. The first kappa shape index (κ1) is 12.9. The fourth-order valence-electron chi connectivity index (χ4n) is 1.68. The molecular weight excluding hydrogens is 226 g/mol. The van der Waals surface area contributed by atoms with Gasteiger partial charge in [0.15, 0.2) is 0 Å². The normalized spacial score (nSPS) is 15.3. The molecule has 2 N–H and O–H groups in total. The number of carbonyl (C=O) groups is 1. The van der Waals surface area contributed by atoms with Crippen LogP contribution in [0.3, 0.4) is 0 Å². The van der Waals surface area contributed by atoms with Gasteiger partial charge >= 0.3 is 0 Å². The number of aromatic nitrogens is 1. The van der Waals surface area contributed by atoms with Crippen LogP contribution in [-0.2, 0) is 4.79 Å². The summed E-state index contributed by atoms with van der Waals surface area (Å²) in [6, 6.07) is 4.39. The minimum absolute atomic E-state index is 0.00494. The lowest BCUT2D eigenvalue weighted by molar-refractivity contribution is -0.117. The zero-order chi connectivity index (χ0) is 13.2. The van der Waals surface area contributed by atoms with Gasteiger partial charge in [0, 0.05) is 12.5 Å². The van der Waals surface area contributed by atoms with E-state index in [0.717, 1.165) is 11.5 Å². The quantitative estimate of drug-likeness (QED) is 0.860. The van der Waals surface area contributed by atoms with E-state index in [1.165, 1.54) is 12.8 Å². The molecule has 1 amide bonds. The van der Waals surface area contributed by atoms with Crippen molar-refractivity contribution in [3.05, 3.63) is 18.3 Å². The number of anilines is 2. The highest BCUT2D eigenvalue weighted by atomic mass is 16.1. The van der Waals surface area contributed by atoms with Crippen LogP contribution in [0.2, 0.25) is 0 Å². The van der Waals surface area contributed by atoms with E-state index in [9.17, 15) is 4.79 Å². The lowest BCUT2D eigenvalue weighted by atomic mass is 9.92. The second kappa shape index (κ2) is 4.96. The van der Waals surface area contributed by atoms with Gasteiger partial charge in [-0.15, -0.1) is 0 Å². The van der Waals surface area contributed by atoms with Gasteiger partial charge in [-0.1, -0.05) is 20.8 Å². The third-order valence-corrected chi connectivity index (χ3v) is 2.67. The molecule has 0 aliphatic heterocycles. The molecule has 2 rings (SSSR count). The molecule has 1 fully saturated rings. The van der Waals surface area contributed by atoms with E-state index in [1.807, 2.05) is 32.9 Å². The molecule has 0 aromatic carbocycles. The smallest absolute Gasteiger partial charge is 0.224 e. The highest BCUT2D eigenvalue weighted by Crippen LogP contribution is 2.24. The molecule has 1 aliphatic rings. The van der Waals surface area contributed by atoms with Crippen LogP contribution >= 0.6 is 0 Å². The van der Waals surface area contributed by atoms with E-state index in [-0.39, 0.29) is 11.3 Å². The molecule has 1 saturated carbocycles. The summed E-state index contributed by atoms with van der Waals surface area (Å²) >= 11 is 0. The van der Waals surface area contributed by atoms with Gasteiger partial charge in [-0.05, 0) is 30.4 Å². The predicted octanol–water partition coefficient (Wildman–Crippen LogP) is 3.03. The zero-order valence-electron chi connectivity index (χ0n) is 11.3. The standard InChI is InChI=1S/C14H21N3O/c1-14(2,3)8-13(18)17-11-6-7-12(15-9-11)16-10-4-5-10/h6-7,9-10H,4-5,8H2,1-3H3,(H,15,16)(H,17,18). The summed E-state index contributed by atoms with van der Waals surface area (Å²) in [4.78, 5) is 16.0. The molecule has 0 bridgehead atoms. The molecule has 0 atom stereocenters. The Hall–Kier alpha value is -1.58. The van der Waals surface area contributed by atoms with Crippen molar-refractivity contribution in [1.29, 1.82) is 0 Å². The number of amides is 1. The van der Waals surface area contributed by atoms with E-state index in [0.29, 0.717) is 12.5 Å². The van der Waals surface area contributed by atoms with Gasteiger partial charge in [0.2, 0.25) is 5.91 Å². The van der Waals surface area contributed by atoms with Gasteiger partial charge in [0.25, 0.3) is 0 Å². The van der Waals surface area contributed by atoms with E-state index >= 15 is 0 Å². The van der Waals surface area contributed by atoms with Crippen LogP contribution in [0.25, 0.3) is 0 Å². The first-order valence-electron chi connectivity index (χ1n) is 6.45. The molecule has 0 unspecified atom stereocenters. The second-order valence-electron chi connectivity index (χ2n) is 6.14. The van der Waals surface area contributed by atoms with Crippen molar-refractivity contribution in [3.8, 4) is 0 Å². The molecular formula is C14H21N3O. The molecule has 1 aliphatic carbocycles. The Bertz CT molecular complexity index is 416. The van der Waals surface area contributed by atoms with Gasteiger partial charge in [-0.25, -0.2) is 4.98 Å². The van der Waals surface area contributed by atoms with Crippen molar-refractivity contribution in [2.75, 3.05) is 10.6 Å². The van der Waals surface area contributed by atoms with Gasteiger partial charge in [0.1, 0.15) is 5.82 Å². The Balaban J connectivity index is 1.87. The third-order valence-electron chi connectivity index (χ3n) is 2.67.